The number of ether oxygens (including phenoxy) is 2. The van der Waals surface area contributed by atoms with Crippen LogP contribution in [0, 0.1) is 0 Å². The van der Waals surface area contributed by atoms with Crippen molar-refractivity contribution in [1.82, 2.24) is 5.32 Å². The third-order valence-corrected chi connectivity index (χ3v) is 6.75. The molecule has 1 unspecified atom stereocenters. The largest absolute Gasteiger partial charge is 0.391 e. The van der Waals surface area contributed by atoms with E-state index in [0.717, 1.165) is 5.56 Å². The number of benzene rings is 1. The minimum atomic E-state index is -3.32. The SMILES string of the molecule is CCOC(OCC)P(=O)(C[C@@H](O)CNCc1ccc(Cl)c(Cl)c1)OCC. The molecule has 26 heavy (non-hydrogen) atoms. The topological polar surface area (TPSA) is 77.0 Å². The van der Waals surface area contributed by atoms with E-state index in [9.17, 15) is 9.67 Å². The first-order valence-corrected chi connectivity index (χ1v) is 11.3. The first-order valence-electron chi connectivity index (χ1n) is 8.65. The van der Waals surface area contributed by atoms with E-state index in [1.165, 1.54) is 0 Å². The molecule has 1 aromatic carbocycles. The summed E-state index contributed by atoms with van der Waals surface area (Å²) < 4.78 is 29.4. The molecule has 6 nitrogen and oxygen atoms in total. The molecule has 2 N–H and O–H groups in total. The molecule has 150 valence electrons. The first-order chi connectivity index (χ1) is 12.4. The van der Waals surface area contributed by atoms with E-state index in [4.69, 9.17) is 37.2 Å². The van der Waals surface area contributed by atoms with Crippen LogP contribution in [-0.4, -0.2) is 49.8 Å². The van der Waals surface area contributed by atoms with Gasteiger partial charge >= 0.3 is 0 Å². The Morgan fingerprint density at radius 1 is 1.12 bits per heavy atom. The third kappa shape index (κ3) is 7.83. The van der Waals surface area contributed by atoms with E-state index >= 15 is 0 Å². The van der Waals surface area contributed by atoms with Crippen LogP contribution in [0.25, 0.3) is 0 Å². The summed E-state index contributed by atoms with van der Waals surface area (Å²) in [7, 11) is -3.32. The molecule has 0 aliphatic rings. The van der Waals surface area contributed by atoms with Gasteiger partial charge in [0.2, 0.25) is 6.03 Å². The minimum absolute atomic E-state index is 0.0557. The molecule has 0 bridgehead atoms. The Bertz CT molecular complexity index is 584. The Labute approximate surface area is 165 Å². The predicted octanol–water partition coefficient (Wildman–Crippen LogP) is 4.12. The van der Waals surface area contributed by atoms with Crippen molar-refractivity contribution in [3.63, 3.8) is 0 Å². The fourth-order valence-electron chi connectivity index (χ4n) is 2.37. The smallest absolute Gasteiger partial charge is 0.260 e. The van der Waals surface area contributed by atoms with Crippen molar-refractivity contribution in [2.24, 2.45) is 0 Å². The summed E-state index contributed by atoms with van der Waals surface area (Å²) in [5.41, 5.74) is 0.932. The maximum absolute atomic E-state index is 13.1. The molecule has 1 aromatic rings. The number of hydrogen-bond donors (Lipinski definition) is 2. The molecule has 1 rings (SSSR count). The highest BCUT2D eigenvalue weighted by Gasteiger charge is 2.37. The maximum atomic E-state index is 13.1. The molecular weight excluding hydrogens is 400 g/mol. The number of aliphatic hydroxyl groups excluding tert-OH is 1. The van der Waals surface area contributed by atoms with Crippen molar-refractivity contribution in [2.75, 3.05) is 32.5 Å². The Hall–Kier alpha value is -0.170. The molecule has 0 radical (unpaired) electrons. The van der Waals surface area contributed by atoms with Crippen molar-refractivity contribution in [3.8, 4) is 0 Å². The van der Waals surface area contributed by atoms with Crippen LogP contribution in [0.15, 0.2) is 18.2 Å². The van der Waals surface area contributed by atoms with Gasteiger partial charge in [0.1, 0.15) is 0 Å². The van der Waals surface area contributed by atoms with Gasteiger partial charge in [-0.05, 0) is 38.5 Å². The normalized spacial score (nSPS) is 15.2. The van der Waals surface area contributed by atoms with Gasteiger partial charge in [-0.25, -0.2) is 0 Å². The molecule has 2 atom stereocenters. The zero-order valence-electron chi connectivity index (χ0n) is 15.4. The van der Waals surface area contributed by atoms with Crippen molar-refractivity contribution >= 4 is 30.6 Å². The highest BCUT2D eigenvalue weighted by Crippen LogP contribution is 2.53. The molecular formula is C17H28Cl2NO5P. The van der Waals surface area contributed by atoms with E-state index in [0.29, 0.717) is 29.8 Å². The average Bonchev–Trinajstić information content (AvgIpc) is 2.58. The lowest BCUT2D eigenvalue weighted by Gasteiger charge is -2.28. The molecule has 0 spiro atoms. The second-order valence-electron chi connectivity index (χ2n) is 5.58. The quantitative estimate of drug-likeness (QED) is 0.364. The second kappa shape index (κ2) is 12.3. The monoisotopic (exact) mass is 427 g/mol. The van der Waals surface area contributed by atoms with Crippen LogP contribution >= 0.6 is 30.6 Å². The minimum Gasteiger partial charge on any atom is -0.391 e. The van der Waals surface area contributed by atoms with Gasteiger partial charge in [0.25, 0.3) is 7.37 Å². The first kappa shape index (κ1) is 23.9. The van der Waals surface area contributed by atoms with Crippen LogP contribution in [-0.2, 0) is 25.1 Å². The van der Waals surface area contributed by atoms with Crippen LogP contribution in [0.5, 0.6) is 0 Å². The van der Waals surface area contributed by atoms with Crippen LogP contribution < -0.4 is 5.32 Å². The van der Waals surface area contributed by atoms with Crippen molar-refractivity contribution in [2.45, 2.75) is 39.5 Å². The third-order valence-electron chi connectivity index (χ3n) is 3.45. The predicted molar refractivity (Wildman–Crippen MR) is 105 cm³/mol. The highest BCUT2D eigenvalue weighted by atomic mass is 35.5. The van der Waals surface area contributed by atoms with Gasteiger partial charge in [0.15, 0.2) is 0 Å². The molecule has 0 fully saturated rings. The van der Waals surface area contributed by atoms with Gasteiger partial charge in [0.05, 0.1) is 28.9 Å². The van der Waals surface area contributed by atoms with Gasteiger partial charge in [-0.15, -0.1) is 0 Å². The second-order valence-corrected chi connectivity index (χ2v) is 8.89. The van der Waals surface area contributed by atoms with E-state index in [-0.39, 0.29) is 19.3 Å². The van der Waals surface area contributed by atoms with Crippen molar-refractivity contribution in [3.05, 3.63) is 33.8 Å². The van der Waals surface area contributed by atoms with Crippen LogP contribution in [0.1, 0.15) is 26.3 Å². The summed E-state index contributed by atoms with van der Waals surface area (Å²) in [6, 6.07) is 4.35. The molecule has 0 aliphatic heterocycles. The van der Waals surface area contributed by atoms with E-state index < -0.39 is 19.5 Å². The summed E-state index contributed by atoms with van der Waals surface area (Å²) in [6.45, 7) is 6.99. The molecule has 0 saturated heterocycles. The van der Waals surface area contributed by atoms with E-state index in [2.05, 4.69) is 5.32 Å². The Kier molecular flexibility index (Phi) is 11.3. The van der Waals surface area contributed by atoms with Crippen LogP contribution in [0.4, 0.5) is 0 Å². The van der Waals surface area contributed by atoms with Gasteiger partial charge in [-0.1, -0.05) is 29.3 Å². The lowest BCUT2D eigenvalue weighted by atomic mass is 10.2. The summed E-state index contributed by atoms with van der Waals surface area (Å²) >= 11 is 11.9. The van der Waals surface area contributed by atoms with Crippen molar-refractivity contribution < 1.29 is 23.7 Å². The Morgan fingerprint density at radius 2 is 1.77 bits per heavy atom. The fraction of sp³-hybridized carbons (Fsp3) is 0.647. The summed E-state index contributed by atoms with van der Waals surface area (Å²) in [4.78, 5) is 0. The zero-order chi connectivity index (χ0) is 19.6. The lowest BCUT2D eigenvalue weighted by molar-refractivity contribution is -0.0894. The number of rotatable bonds is 13. The number of hydrogen-bond acceptors (Lipinski definition) is 6. The van der Waals surface area contributed by atoms with Crippen LogP contribution in [0.2, 0.25) is 10.0 Å². The summed E-state index contributed by atoms with van der Waals surface area (Å²) in [5.74, 6) is 0. The van der Waals surface area contributed by atoms with Gasteiger partial charge < -0.3 is 24.4 Å². The van der Waals surface area contributed by atoms with Gasteiger partial charge in [0, 0.05) is 26.3 Å². The highest BCUT2D eigenvalue weighted by molar-refractivity contribution is 7.59. The van der Waals surface area contributed by atoms with Gasteiger partial charge in [-0.3, -0.25) is 4.57 Å². The summed E-state index contributed by atoms with van der Waals surface area (Å²) in [5, 5.41) is 14.4. The lowest BCUT2D eigenvalue weighted by Crippen LogP contribution is -2.32. The number of aliphatic hydroxyl groups is 1. The average molecular weight is 428 g/mol. The number of halogens is 2. The number of nitrogens with one attached hydrogen (secondary N) is 1. The molecule has 0 amide bonds. The van der Waals surface area contributed by atoms with E-state index in [1.807, 2.05) is 6.07 Å². The standard InChI is InChI=1S/C17H28Cl2NO5P/c1-4-23-17(24-5-2)26(22,25-6-3)12-14(21)11-20-10-13-7-8-15(18)16(19)9-13/h7-9,14,17,20-21H,4-6,10-12H2,1-3H3/t14-,26?/m0/s1. The van der Waals surface area contributed by atoms with Crippen LogP contribution in [0.3, 0.4) is 0 Å². The molecule has 0 aromatic heterocycles. The zero-order valence-corrected chi connectivity index (χ0v) is 17.8. The van der Waals surface area contributed by atoms with Crippen molar-refractivity contribution in [1.29, 1.82) is 0 Å². The Balaban J connectivity index is 2.61. The fourth-order valence-corrected chi connectivity index (χ4v) is 5.00. The Morgan fingerprint density at radius 3 is 2.31 bits per heavy atom. The molecule has 9 heteroatoms. The van der Waals surface area contributed by atoms with E-state index in [1.54, 1.807) is 32.9 Å². The summed E-state index contributed by atoms with van der Waals surface area (Å²) in [6.07, 6.45) is -0.932. The molecule has 0 heterocycles. The molecule has 0 saturated carbocycles. The van der Waals surface area contributed by atoms with Gasteiger partial charge in [-0.2, -0.15) is 0 Å². The maximum Gasteiger partial charge on any atom is 0.260 e. The molecule has 0 aliphatic carbocycles.